The fraction of sp³-hybridized carbons (Fsp3) is 0.0909. The van der Waals surface area contributed by atoms with Crippen LogP contribution in [0.2, 0.25) is 5.15 Å². The maximum Gasteiger partial charge on any atom is 0.190 e. The van der Waals surface area contributed by atoms with Gasteiger partial charge in [-0.3, -0.25) is 0 Å². The van der Waals surface area contributed by atoms with Gasteiger partial charge in [-0.1, -0.05) is 39.3 Å². The van der Waals surface area contributed by atoms with Gasteiger partial charge in [-0.2, -0.15) is 0 Å². The maximum atomic E-state index is 13.7. The molecule has 0 aliphatic carbocycles. The van der Waals surface area contributed by atoms with Gasteiger partial charge in [0.25, 0.3) is 0 Å². The van der Waals surface area contributed by atoms with E-state index in [-0.39, 0.29) is 16.7 Å². The van der Waals surface area contributed by atoms with E-state index in [0.29, 0.717) is 9.63 Å². The van der Waals surface area contributed by atoms with Crippen LogP contribution in [0.3, 0.4) is 0 Å². The Kier molecular flexibility index (Phi) is 4.59. The van der Waals surface area contributed by atoms with Crippen LogP contribution in [0.25, 0.3) is 0 Å². The van der Waals surface area contributed by atoms with Crippen LogP contribution in [0, 0.1) is 11.6 Å². The van der Waals surface area contributed by atoms with Crippen LogP contribution in [0.1, 0.15) is 0 Å². The quantitative estimate of drug-likeness (QED) is 0.488. The van der Waals surface area contributed by atoms with Gasteiger partial charge in [0, 0.05) is 10.5 Å². The van der Waals surface area contributed by atoms with Gasteiger partial charge in [0.15, 0.2) is 16.8 Å². The molecule has 0 aliphatic rings. The second-order valence-corrected chi connectivity index (χ2v) is 5.51. The molecule has 0 atom stereocenters. The van der Waals surface area contributed by atoms with Crippen LogP contribution in [0.5, 0.6) is 0 Å². The van der Waals surface area contributed by atoms with Crippen LogP contribution < -0.4 is 5.32 Å². The number of anilines is 2. The van der Waals surface area contributed by atoms with Crippen molar-refractivity contribution in [1.82, 2.24) is 9.97 Å². The third-order valence-corrected chi connectivity index (χ3v) is 3.32. The molecule has 0 fully saturated rings. The van der Waals surface area contributed by atoms with E-state index in [9.17, 15) is 8.78 Å². The van der Waals surface area contributed by atoms with Gasteiger partial charge in [-0.15, -0.1) is 0 Å². The molecule has 0 spiro atoms. The van der Waals surface area contributed by atoms with Crippen molar-refractivity contribution < 1.29 is 8.78 Å². The molecule has 2 aromatic rings. The van der Waals surface area contributed by atoms with Gasteiger partial charge < -0.3 is 5.32 Å². The maximum absolute atomic E-state index is 13.7. The third kappa shape index (κ3) is 3.55. The highest BCUT2D eigenvalue weighted by Gasteiger charge is 2.12. The number of rotatable bonds is 3. The molecule has 1 heterocycles. The lowest BCUT2D eigenvalue weighted by molar-refractivity contribution is 0.589. The Morgan fingerprint density at radius 2 is 1.84 bits per heavy atom. The molecular formula is C11H7BrClF2N3S. The smallest absolute Gasteiger partial charge is 0.190 e. The number of aromatic nitrogens is 2. The van der Waals surface area contributed by atoms with E-state index in [0.717, 1.165) is 12.1 Å². The third-order valence-electron chi connectivity index (χ3n) is 2.12. The molecule has 1 aromatic heterocycles. The average molecular weight is 367 g/mol. The highest BCUT2D eigenvalue weighted by Crippen LogP contribution is 2.27. The monoisotopic (exact) mass is 365 g/mol. The van der Waals surface area contributed by atoms with Gasteiger partial charge in [-0.25, -0.2) is 18.7 Å². The first kappa shape index (κ1) is 14.5. The summed E-state index contributed by atoms with van der Waals surface area (Å²) in [6.07, 6.45) is 1.77. The van der Waals surface area contributed by atoms with E-state index in [1.165, 1.54) is 17.8 Å². The molecular weight excluding hydrogens is 360 g/mol. The fourth-order valence-electron chi connectivity index (χ4n) is 1.34. The molecule has 0 amide bonds. The Labute approximate surface area is 125 Å². The van der Waals surface area contributed by atoms with E-state index in [1.807, 2.05) is 0 Å². The van der Waals surface area contributed by atoms with Crippen molar-refractivity contribution in [3.63, 3.8) is 0 Å². The number of nitrogens with zero attached hydrogens (tertiary/aromatic N) is 2. The highest BCUT2D eigenvalue weighted by molar-refractivity contribution is 9.10. The van der Waals surface area contributed by atoms with Crippen molar-refractivity contribution in [2.45, 2.75) is 5.16 Å². The number of thioether (sulfide) groups is 1. The number of nitrogens with one attached hydrogen (secondary N) is 1. The van der Waals surface area contributed by atoms with Gasteiger partial charge in [0.2, 0.25) is 0 Å². The molecule has 1 N–H and O–H groups in total. The topological polar surface area (TPSA) is 37.8 Å². The van der Waals surface area contributed by atoms with Crippen molar-refractivity contribution in [2.75, 3.05) is 11.6 Å². The second-order valence-electron chi connectivity index (χ2n) is 3.43. The van der Waals surface area contributed by atoms with E-state index in [1.54, 1.807) is 6.26 Å². The molecule has 3 nitrogen and oxygen atoms in total. The normalized spacial score (nSPS) is 10.6. The summed E-state index contributed by atoms with van der Waals surface area (Å²) >= 11 is 10.1. The number of halogens is 4. The minimum absolute atomic E-state index is 0.194. The van der Waals surface area contributed by atoms with Gasteiger partial charge in [0.05, 0.1) is 0 Å². The van der Waals surface area contributed by atoms with E-state index in [2.05, 4.69) is 31.2 Å². The Morgan fingerprint density at radius 3 is 2.42 bits per heavy atom. The lowest BCUT2D eigenvalue weighted by Gasteiger charge is -2.09. The molecule has 2 rings (SSSR count). The summed E-state index contributed by atoms with van der Waals surface area (Å²) in [5.41, 5.74) is -0.287. The standard InChI is InChI=1S/C11H7BrClF2N3S/c1-19-11-16-8(13)4-9(18-11)17-10-6(14)2-5(12)3-7(10)15/h2-4H,1H3,(H,16,17,18). The lowest BCUT2D eigenvalue weighted by atomic mass is 10.3. The molecule has 0 radical (unpaired) electrons. The molecule has 0 unspecified atom stereocenters. The minimum atomic E-state index is -0.729. The second kappa shape index (κ2) is 6.02. The summed E-state index contributed by atoms with van der Waals surface area (Å²) in [5.74, 6) is -1.23. The molecule has 0 aliphatic heterocycles. The summed E-state index contributed by atoms with van der Waals surface area (Å²) in [5, 5.41) is 3.17. The van der Waals surface area contributed by atoms with Crippen molar-refractivity contribution in [2.24, 2.45) is 0 Å². The SMILES string of the molecule is CSc1nc(Cl)cc(Nc2c(F)cc(Br)cc2F)n1. The first-order valence-electron chi connectivity index (χ1n) is 4.99. The zero-order chi connectivity index (χ0) is 14.0. The number of hydrogen-bond donors (Lipinski definition) is 1. The molecule has 1 aromatic carbocycles. The average Bonchev–Trinajstić information content (AvgIpc) is 2.33. The Morgan fingerprint density at radius 1 is 1.21 bits per heavy atom. The summed E-state index contributed by atoms with van der Waals surface area (Å²) in [7, 11) is 0. The molecule has 100 valence electrons. The zero-order valence-electron chi connectivity index (χ0n) is 9.55. The van der Waals surface area contributed by atoms with E-state index < -0.39 is 11.6 Å². The minimum Gasteiger partial charge on any atom is -0.335 e. The fourth-order valence-corrected chi connectivity index (χ4v) is 2.36. The van der Waals surface area contributed by atoms with Crippen molar-refractivity contribution in [3.8, 4) is 0 Å². The predicted octanol–water partition coefficient (Wildman–Crippen LogP) is 4.64. The number of hydrogen-bond acceptors (Lipinski definition) is 4. The van der Waals surface area contributed by atoms with Crippen molar-refractivity contribution >= 4 is 50.8 Å². The largest absolute Gasteiger partial charge is 0.335 e. The summed E-state index contributed by atoms with van der Waals surface area (Å²) < 4.78 is 27.6. The van der Waals surface area contributed by atoms with Gasteiger partial charge >= 0.3 is 0 Å². The molecule has 19 heavy (non-hydrogen) atoms. The molecule has 0 saturated carbocycles. The summed E-state index contributed by atoms with van der Waals surface area (Å²) in [6.45, 7) is 0. The van der Waals surface area contributed by atoms with Crippen molar-refractivity contribution in [1.29, 1.82) is 0 Å². The first-order chi connectivity index (χ1) is 8.99. The Balaban J connectivity index is 2.39. The Hall–Kier alpha value is -0.920. The molecule has 0 saturated heterocycles. The zero-order valence-corrected chi connectivity index (χ0v) is 12.7. The van der Waals surface area contributed by atoms with Crippen LogP contribution in [0.15, 0.2) is 27.8 Å². The molecule has 8 heteroatoms. The lowest BCUT2D eigenvalue weighted by Crippen LogP contribution is -2.01. The number of benzene rings is 1. The summed E-state index contributed by atoms with van der Waals surface area (Å²) in [6, 6.07) is 3.70. The van der Waals surface area contributed by atoms with Gasteiger partial charge in [0.1, 0.15) is 16.7 Å². The van der Waals surface area contributed by atoms with Crippen molar-refractivity contribution in [3.05, 3.63) is 39.5 Å². The van der Waals surface area contributed by atoms with E-state index >= 15 is 0 Å². The van der Waals surface area contributed by atoms with Gasteiger partial charge in [-0.05, 0) is 18.4 Å². The molecule has 0 bridgehead atoms. The van der Waals surface area contributed by atoms with Crippen LogP contribution in [-0.4, -0.2) is 16.2 Å². The highest BCUT2D eigenvalue weighted by atomic mass is 79.9. The van der Waals surface area contributed by atoms with Crippen LogP contribution >= 0.6 is 39.3 Å². The van der Waals surface area contributed by atoms with E-state index in [4.69, 9.17) is 11.6 Å². The summed E-state index contributed by atoms with van der Waals surface area (Å²) in [4.78, 5) is 8.00. The van der Waals surface area contributed by atoms with Crippen LogP contribution in [-0.2, 0) is 0 Å². The first-order valence-corrected chi connectivity index (χ1v) is 7.39. The Bertz CT molecular complexity index is 604. The predicted molar refractivity (Wildman–Crippen MR) is 76.2 cm³/mol. The van der Waals surface area contributed by atoms with Crippen LogP contribution in [0.4, 0.5) is 20.3 Å².